The molecule has 1 fully saturated rings. The van der Waals surface area contributed by atoms with Crippen molar-refractivity contribution in [3.63, 3.8) is 0 Å². The molecule has 2 aromatic rings. The van der Waals surface area contributed by atoms with E-state index in [1.54, 1.807) is 18.5 Å². The van der Waals surface area contributed by atoms with Crippen molar-refractivity contribution in [3.05, 3.63) is 47.7 Å². The SMILES string of the molecule is CC1CC1c1ccc(C(O)c2cnccc2N)o1. The van der Waals surface area contributed by atoms with E-state index in [2.05, 4.69) is 11.9 Å². The standard InChI is InChI=1S/C14H16N2O2/c1-8-6-9(8)12-2-3-13(18-12)14(17)10-7-16-5-4-11(10)15/h2-5,7-9,14,17H,6H2,1H3,(H2,15,16). The molecule has 0 amide bonds. The highest BCUT2D eigenvalue weighted by Crippen LogP contribution is 2.47. The summed E-state index contributed by atoms with van der Waals surface area (Å²) in [5.74, 6) is 2.68. The third kappa shape index (κ3) is 1.88. The summed E-state index contributed by atoms with van der Waals surface area (Å²) in [7, 11) is 0. The number of pyridine rings is 1. The van der Waals surface area contributed by atoms with Crippen molar-refractivity contribution >= 4 is 5.69 Å². The molecule has 0 bridgehead atoms. The minimum absolute atomic E-state index is 0.511. The highest BCUT2D eigenvalue weighted by molar-refractivity contribution is 5.47. The molecule has 3 N–H and O–H groups in total. The fourth-order valence-corrected chi connectivity index (χ4v) is 2.23. The van der Waals surface area contributed by atoms with Crippen LogP contribution >= 0.6 is 0 Å². The summed E-state index contributed by atoms with van der Waals surface area (Å²) in [6, 6.07) is 5.43. The average Bonchev–Trinajstić information content (AvgIpc) is 2.92. The molecule has 3 rings (SSSR count). The van der Waals surface area contributed by atoms with Gasteiger partial charge in [-0.1, -0.05) is 6.92 Å². The van der Waals surface area contributed by atoms with Crippen LogP contribution in [0.2, 0.25) is 0 Å². The topological polar surface area (TPSA) is 72.3 Å². The molecule has 0 aromatic carbocycles. The van der Waals surface area contributed by atoms with Crippen LogP contribution in [-0.2, 0) is 0 Å². The Morgan fingerprint density at radius 1 is 1.44 bits per heavy atom. The summed E-state index contributed by atoms with van der Waals surface area (Å²) in [4.78, 5) is 3.98. The zero-order valence-electron chi connectivity index (χ0n) is 10.2. The normalized spacial score (nSPS) is 23.9. The molecular weight excluding hydrogens is 228 g/mol. The highest BCUT2D eigenvalue weighted by Gasteiger charge is 2.37. The number of hydrogen-bond donors (Lipinski definition) is 2. The van der Waals surface area contributed by atoms with Crippen LogP contribution in [0.3, 0.4) is 0 Å². The maximum Gasteiger partial charge on any atom is 0.140 e. The Morgan fingerprint density at radius 3 is 2.89 bits per heavy atom. The van der Waals surface area contributed by atoms with E-state index in [9.17, 15) is 5.11 Å². The number of nitrogens with two attached hydrogens (primary N) is 1. The van der Waals surface area contributed by atoms with E-state index in [-0.39, 0.29) is 0 Å². The summed E-state index contributed by atoms with van der Waals surface area (Å²) in [6.07, 6.45) is 3.49. The number of furan rings is 1. The number of nitrogens with zero attached hydrogens (tertiary/aromatic N) is 1. The Balaban J connectivity index is 1.86. The van der Waals surface area contributed by atoms with Gasteiger partial charge in [0, 0.05) is 29.6 Å². The van der Waals surface area contributed by atoms with Crippen molar-refractivity contribution in [3.8, 4) is 0 Å². The molecule has 94 valence electrons. The van der Waals surface area contributed by atoms with E-state index >= 15 is 0 Å². The van der Waals surface area contributed by atoms with Crippen LogP contribution in [0.5, 0.6) is 0 Å². The van der Waals surface area contributed by atoms with Crippen LogP contribution < -0.4 is 5.73 Å². The van der Waals surface area contributed by atoms with Crippen LogP contribution in [0.1, 0.15) is 42.5 Å². The fourth-order valence-electron chi connectivity index (χ4n) is 2.23. The van der Waals surface area contributed by atoms with Gasteiger partial charge in [-0.2, -0.15) is 0 Å². The molecule has 0 aliphatic heterocycles. The third-order valence-corrected chi connectivity index (χ3v) is 3.57. The average molecular weight is 244 g/mol. The maximum atomic E-state index is 10.2. The van der Waals surface area contributed by atoms with Gasteiger partial charge < -0.3 is 15.3 Å². The smallest absolute Gasteiger partial charge is 0.140 e. The number of hydrogen-bond acceptors (Lipinski definition) is 4. The number of aromatic nitrogens is 1. The molecule has 3 unspecified atom stereocenters. The van der Waals surface area contributed by atoms with Crippen molar-refractivity contribution in [2.24, 2.45) is 5.92 Å². The van der Waals surface area contributed by atoms with Gasteiger partial charge in [0.05, 0.1) is 0 Å². The van der Waals surface area contributed by atoms with Gasteiger partial charge in [-0.15, -0.1) is 0 Å². The molecule has 1 aliphatic carbocycles. The van der Waals surface area contributed by atoms with Gasteiger partial charge in [-0.3, -0.25) is 4.98 Å². The zero-order chi connectivity index (χ0) is 12.7. The van der Waals surface area contributed by atoms with Crippen LogP contribution in [0.25, 0.3) is 0 Å². The molecule has 0 radical (unpaired) electrons. The zero-order valence-corrected chi connectivity index (χ0v) is 10.2. The fraction of sp³-hybridized carbons (Fsp3) is 0.357. The van der Waals surface area contributed by atoms with Crippen molar-refractivity contribution in [1.82, 2.24) is 4.98 Å². The second-order valence-corrected chi connectivity index (χ2v) is 4.97. The lowest BCUT2D eigenvalue weighted by molar-refractivity contribution is 0.187. The van der Waals surface area contributed by atoms with Gasteiger partial charge in [0.25, 0.3) is 0 Å². The van der Waals surface area contributed by atoms with E-state index in [4.69, 9.17) is 10.2 Å². The Bertz CT molecular complexity index is 564. The lowest BCUT2D eigenvalue weighted by atomic mass is 10.1. The number of nitrogen functional groups attached to an aromatic ring is 1. The molecule has 0 saturated heterocycles. The lowest BCUT2D eigenvalue weighted by Gasteiger charge is -2.10. The van der Waals surface area contributed by atoms with E-state index in [0.717, 1.165) is 12.2 Å². The lowest BCUT2D eigenvalue weighted by Crippen LogP contribution is -2.03. The Morgan fingerprint density at radius 2 is 2.22 bits per heavy atom. The van der Waals surface area contributed by atoms with Crippen molar-refractivity contribution in [2.45, 2.75) is 25.4 Å². The van der Waals surface area contributed by atoms with E-state index in [0.29, 0.717) is 28.8 Å². The highest BCUT2D eigenvalue weighted by atomic mass is 16.4. The quantitative estimate of drug-likeness (QED) is 0.870. The van der Waals surface area contributed by atoms with Crippen LogP contribution in [0.4, 0.5) is 5.69 Å². The minimum Gasteiger partial charge on any atom is -0.463 e. The first kappa shape index (κ1) is 11.3. The van der Waals surface area contributed by atoms with Crippen LogP contribution in [0, 0.1) is 5.92 Å². The third-order valence-electron chi connectivity index (χ3n) is 3.57. The Labute approximate surface area is 105 Å². The minimum atomic E-state index is -0.846. The predicted octanol–water partition coefficient (Wildman–Crippen LogP) is 2.46. The molecule has 4 nitrogen and oxygen atoms in total. The predicted molar refractivity (Wildman–Crippen MR) is 67.9 cm³/mol. The van der Waals surface area contributed by atoms with Crippen LogP contribution in [0.15, 0.2) is 35.0 Å². The second-order valence-electron chi connectivity index (χ2n) is 4.97. The molecular formula is C14H16N2O2. The van der Waals surface area contributed by atoms with Gasteiger partial charge in [0.1, 0.15) is 17.6 Å². The second kappa shape index (κ2) is 4.14. The molecule has 2 heterocycles. The number of anilines is 1. The summed E-state index contributed by atoms with van der Waals surface area (Å²) in [5.41, 5.74) is 6.93. The first-order valence-corrected chi connectivity index (χ1v) is 6.14. The van der Waals surface area contributed by atoms with Crippen molar-refractivity contribution in [1.29, 1.82) is 0 Å². The largest absolute Gasteiger partial charge is 0.463 e. The van der Waals surface area contributed by atoms with Crippen molar-refractivity contribution < 1.29 is 9.52 Å². The summed E-state index contributed by atoms with van der Waals surface area (Å²) in [5, 5.41) is 10.2. The summed E-state index contributed by atoms with van der Waals surface area (Å²) >= 11 is 0. The molecule has 18 heavy (non-hydrogen) atoms. The molecule has 3 atom stereocenters. The molecule has 0 spiro atoms. The molecule has 4 heteroatoms. The Hall–Kier alpha value is -1.81. The summed E-state index contributed by atoms with van der Waals surface area (Å²) < 4.78 is 5.72. The van der Waals surface area contributed by atoms with Crippen LogP contribution in [-0.4, -0.2) is 10.1 Å². The molecule has 2 aromatic heterocycles. The molecule has 1 aliphatic rings. The van der Waals surface area contributed by atoms with Gasteiger partial charge in [-0.25, -0.2) is 0 Å². The monoisotopic (exact) mass is 244 g/mol. The number of aliphatic hydroxyl groups excluding tert-OH is 1. The first-order valence-electron chi connectivity index (χ1n) is 6.14. The maximum absolute atomic E-state index is 10.2. The van der Waals surface area contributed by atoms with Gasteiger partial charge in [0.15, 0.2) is 0 Å². The van der Waals surface area contributed by atoms with Gasteiger partial charge in [0.2, 0.25) is 0 Å². The van der Waals surface area contributed by atoms with Crippen molar-refractivity contribution in [2.75, 3.05) is 5.73 Å². The number of aliphatic hydroxyl groups is 1. The van der Waals surface area contributed by atoms with E-state index in [1.807, 2.05) is 12.1 Å². The van der Waals surface area contributed by atoms with E-state index in [1.165, 1.54) is 0 Å². The number of rotatable bonds is 3. The Kier molecular flexibility index (Phi) is 2.59. The van der Waals surface area contributed by atoms with Gasteiger partial charge >= 0.3 is 0 Å². The van der Waals surface area contributed by atoms with Gasteiger partial charge in [-0.05, 0) is 30.5 Å². The first-order chi connectivity index (χ1) is 8.66. The van der Waals surface area contributed by atoms with E-state index < -0.39 is 6.10 Å². The molecule has 1 saturated carbocycles. The summed E-state index contributed by atoms with van der Waals surface area (Å²) in [6.45, 7) is 2.20.